The second-order valence-electron chi connectivity index (χ2n) is 9.80. The van der Waals surface area contributed by atoms with Gasteiger partial charge in [-0.15, -0.1) is 0 Å². The van der Waals surface area contributed by atoms with E-state index in [4.69, 9.17) is 18.9 Å². The summed E-state index contributed by atoms with van der Waals surface area (Å²) in [5.41, 5.74) is 4.55. The Morgan fingerprint density at radius 2 is 1.62 bits per heavy atom. The summed E-state index contributed by atoms with van der Waals surface area (Å²) in [4.78, 5) is 15.3. The van der Waals surface area contributed by atoms with Crippen molar-refractivity contribution in [1.82, 2.24) is 10.2 Å². The van der Waals surface area contributed by atoms with Crippen molar-refractivity contribution in [3.63, 3.8) is 0 Å². The summed E-state index contributed by atoms with van der Waals surface area (Å²) in [5.74, 6) is 2.89. The molecule has 1 aliphatic heterocycles. The number of carbonyl (C=O) groups is 1. The first-order valence-electron chi connectivity index (χ1n) is 13.6. The number of ether oxygens (including phenoxy) is 4. The van der Waals surface area contributed by atoms with Gasteiger partial charge in [0.2, 0.25) is 5.91 Å². The van der Waals surface area contributed by atoms with Gasteiger partial charge in [-0.05, 0) is 65.8 Å². The molecule has 0 aliphatic carbocycles. The molecule has 7 nitrogen and oxygen atoms in total. The number of amides is 1. The standard InChI is InChI=1S/C32H40N2O5/c1-5-6-16-39-28-13-12-24(18-29(28)36-2)17-27-26-20-31(38-4)30(37-3)19-25(26)14-15-34(27)22-32(35)33-21-23-10-8-7-9-11-23/h7-13,18-20,27H,5-6,14-17,21-22H2,1-4H3,(H,33,35). The van der Waals surface area contributed by atoms with Gasteiger partial charge >= 0.3 is 0 Å². The number of hydrogen-bond donors (Lipinski definition) is 1. The Morgan fingerprint density at radius 3 is 2.33 bits per heavy atom. The lowest BCUT2D eigenvalue weighted by molar-refractivity contribution is -0.123. The van der Waals surface area contributed by atoms with Gasteiger partial charge in [0.25, 0.3) is 0 Å². The molecule has 0 spiro atoms. The monoisotopic (exact) mass is 532 g/mol. The van der Waals surface area contributed by atoms with Gasteiger partial charge in [-0.1, -0.05) is 49.7 Å². The number of nitrogens with zero attached hydrogens (tertiary/aromatic N) is 1. The molecule has 0 aromatic heterocycles. The fourth-order valence-corrected chi connectivity index (χ4v) is 5.05. The Morgan fingerprint density at radius 1 is 0.897 bits per heavy atom. The summed E-state index contributed by atoms with van der Waals surface area (Å²) in [6, 6.07) is 20.2. The van der Waals surface area contributed by atoms with E-state index >= 15 is 0 Å². The zero-order chi connectivity index (χ0) is 27.6. The molecule has 1 unspecified atom stereocenters. The molecule has 39 heavy (non-hydrogen) atoms. The maximum absolute atomic E-state index is 13.1. The smallest absolute Gasteiger partial charge is 0.234 e. The topological polar surface area (TPSA) is 69.3 Å². The Labute approximate surface area is 232 Å². The van der Waals surface area contributed by atoms with E-state index in [1.807, 2.05) is 42.5 Å². The van der Waals surface area contributed by atoms with E-state index in [1.54, 1.807) is 21.3 Å². The van der Waals surface area contributed by atoms with Crippen LogP contribution in [0.3, 0.4) is 0 Å². The van der Waals surface area contributed by atoms with Gasteiger partial charge in [-0.2, -0.15) is 0 Å². The van der Waals surface area contributed by atoms with Crippen LogP contribution >= 0.6 is 0 Å². The Balaban J connectivity index is 1.58. The number of fused-ring (bicyclic) bond motifs is 1. The summed E-state index contributed by atoms with van der Waals surface area (Å²) in [7, 11) is 4.98. The number of nitrogens with one attached hydrogen (secondary N) is 1. The predicted molar refractivity (Wildman–Crippen MR) is 153 cm³/mol. The predicted octanol–water partition coefficient (Wildman–Crippen LogP) is 5.35. The van der Waals surface area contributed by atoms with E-state index in [1.165, 1.54) is 5.56 Å². The van der Waals surface area contributed by atoms with E-state index in [9.17, 15) is 4.79 Å². The van der Waals surface area contributed by atoms with Gasteiger partial charge in [-0.3, -0.25) is 9.69 Å². The van der Waals surface area contributed by atoms with Crippen LogP contribution in [0.4, 0.5) is 0 Å². The number of rotatable bonds is 13. The van der Waals surface area contributed by atoms with Crippen molar-refractivity contribution < 1.29 is 23.7 Å². The van der Waals surface area contributed by atoms with Crippen molar-refractivity contribution >= 4 is 5.91 Å². The minimum absolute atomic E-state index is 0.00466. The first-order valence-corrected chi connectivity index (χ1v) is 13.6. The van der Waals surface area contributed by atoms with Crippen molar-refractivity contribution in [2.24, 2.45) is 0 Å². The molecule has 1 N–H and O–H groups in total. The molecule has 0 bridgehead atoms. The van der Waals surface area contributed by atoms with Gasteiger partial charge in [0.15, 0.2) is 23.0 Å². The van der Waals surface area contributed by atoms with Crippen molar-refractivity contribution in [3.8, 4) is 23.0 Å². The summed E-state index contributed by atoms with van der Waals surface area (Å²) in [6.45, 7) is 4.39. The van der Waals surface area contributed by atoms with Gasteiger partial charge < -0.3 is 24.3 Å². The van der Waals surface area contributed by atoms with Crippen LogP contribution in [-0.2, 0) is 24.2 Å². The van der Waals surface area contributed by atoms with E-state index in [2.05, 4.69) is 35.3 Å². The third-order valence-electron chi connectivity index (χ3n) is 7.21. The molecule has 0 radical (unpaired) electrons. The highest BCUT2D eigenvalue weighted by Crippen LogP contribution is 2.40. The third-order valence-corrected chi connectivity index (χ3v) is 7.21. The zero-order valence-corrected chi connectivity index (χ0v) is 23.5. The van der Waals surface area contributed by atoms with Crippen molar-refractivity contribution in [2.45, 2.75) is 45.2 Å². The van der Waals surface area contributed by atoms with E-state index < -0.39 is 0 Å². The van der Waals surface area contributed by atoms with Crippen LogP contribution in [0.15, 0.2) is 60.7 Å². The molecule has 0 fully saturated rings. The molecule has 1 heterocycles. The largest absolute Gasteiger partial charge is 0.493 e. The minimum Gasteiger partial charge on any atom is -0.493 e. The summed E-state index contributed by atoms with van der Waals surface area (Å²) in [6.07, 6.45) is 3.60. The molecule has 4 rings (SSSR count). The van der Waals surface area contributed by atoms with Crippen LogP contribution in [-0.4, -0.2) is 51.8 Å². The number of benzene rings is 3. The quantitative estimate of drug-likeness (QED) is 0.299. The average molecular weight is 533 g/mol. The van der Waals surface area contributed by atoms with Crippen LogP contribution in [0, 0.1) is 0 Å². The van der Waals surface area contributed by atoms with E-state index in [0.29, 0.717) is 31.9 Å². The number of carbonyl (C=O) groups excluding carboxylic acids is 1. The van der Waals surface area contributed by atoms with Crippen molar-refractivity contribution in [3.05, 3.63) is 82.9 Å². The number of unbranched alkanes of at least 4 members (excludes halogenated alkanes) is 1. The molecule has 0 saturated carbocycles. The lowest BCUT2D eigenvalue weighted by atomic mass is 9.88. The molecule has 1 atom stereocenters. The highest BCUT2D eigenvalue weighted by Gasteiger charge is 2.31. The van der Waals surface area contributed by atoms with Crippen LogP contribution in [0.1, 0.15) is 48.1 Å². The fourth-order valence-electron chi connectivity index (χ4n) is 5.05. The third kappa shape index (κ3) is 7.24. The van der Waals surface area contributed by atoms with E-state index in [-0.39, 0.29) is 11.9 Å². The number of methoxy groups -OCH3 is 3. The van der Waals surface area contributed by atoms with Crippen molar-refractivity contribution in [1.29, 1.82) is 0 Å². The van der Waals surface area contributed by atoms with Gasteiger partial charge in [0.05, 0.1) is 34.5 Å². The minimum atomic E-state index is -0.0207. The molecule has 1 aliphatic rings. The zero-order valence-electron chi connectivity index (χ0n) is 23.5. The maximum Gasteiger partial charge on any atom is 0.234 e. The van der Waals surface area contributed by atoms with Crippen LogP contribution in [0.2, 0.25) is 0 Å². The van der Waals surface area contributed by atoms with Gasteiger partial charge in [-0.25, -0.2) is 0 Å². The van der Waals surface area contributed by atoms with E-state index in [0.717, 1.165) is 59.7 Å². The first kappa shape index (κ1) is 28.3. The SMILES string of the molecule is CCCCOc1ccc(CC2c3cc(OC)c(OC)cc3CCN2CC(=O)NCc2ccccc2)cc1OC. The van der Waals surface area contributed by atoms with Crippen LogP contribution in [0.5, 0.6) is 23.0 Å². The van der Waals surface area contributed by atoms with Crippen LogP contribution < -0.4 is 24.3 Å². The molecular weight excluding hydrogens is 492 g/mol. The molecule has 3 aromatic carbocycles. The summed E-state index contributed by atoms with van der Waals surface area (Å²) >= 11 is 0. The highest BCUT2D eigenvalue weighted by atomic mass is 16.5. The Hall–Kier alpha value is -3.71. The van der Waals surface area contributed by atoms with Gasteiger partial charge in [0.1, 0.15) is 0 Å². The van der Waals surface area contributed by atoms with Gasteiger partial charge in [0, 0.05) is 19.1 Å². The fraction of sp³-hybridized carbons (Fsp3) is 0.406. The number of hydrogen-bond acceptors (Lipinski definition) is 6. The lowest BCUT2D eigenvalue weighted by Gasteiger charge is -2.37. The normalized spacial score (nSPS) is 14.8. The highest BCUT2D eigenvalue weighted by molar-refractivity contribution is 5.78. The molecule has 0 saturated heterocycles. The summed E-state index contributed by atoms with van der Waals surface area (Å²) < 4.78 is 22.8. The molecular formula is C32H40N2O5. The molecule has 1 amide bonds. The lowest BCUT2D eigenvalue weighted by Crippen LogP contribution is -2.43. The molecule has 7 heteroatoms. The molecule has 208 valence electrons. The molecule has 3 aromatic rings. The summed E-state index contributed by atoms with van der Waals surface area (Å²) in [5, 5.41) is 3.08. The Kier molecular flexibility index (Phi) is 10.1. The maximum atomic E-state index is 13.1. The van der Waals surface area contributed by atoms with Crippen molar-refractivity contribution in [2.75, 3.05) is 41.0 Å². The Bertz CT molecular complexity index is 1230. The second-order valence-corrected chi connectivity index (χ2v) is 9.80. The van der Waals surface area contributed by atoms with Crippen LogP contribution in [0.25, 0.3) is 0 Å². The second kappa shape index (κ2) is 13.9. The average Bonchev–Trinajstić information content (AvgIpc) is 2.97. The first-order chi connectivity index (χ1) is 19.1.